The fraction of sp³-hybridized carbons (Fsp3) is 0.292. The molecule has 1 aromatic carbocycles. The number of H-pyrrole nitrogens is 1. The molecule has 36 heavy (non-hydrogen) atoms. The van der Waals surface area contributed by atoms with Crippen LogP contribution in [0.25, 0.3) is 10.9 Å². The molecule has 0 fully saturated rings. The maximum Gasteiger partial charge on any atom is 0.341 e. The number of hydrogen-bond donors (Lipinski definition) is 1. The third kappa shape index (κ3) is 6.66. The number of esters is 2. The van der Waals surface area contributed by atoms with Crippen LogP contribution in [0.3, 0.4) is 0 Å². The molecule has 0 bridgehead atoms. The number of benzene rings is 1. The van der Waals surface area contributed by atoms with E-state index in [0.29, 0.717) is 40.7 Å². The Balaban J connectivity index is 0.000000253. The minimum absolute atomic E-state index is 0.242. The molecule has 0 saturated carbocycles. The number of carbonyl (C=O) groups is 2. The molecule has 3 heterocycles. The number of ether oxygens (including phenoxy) is 4. The highest BCUT2D eigenvalue weighted by molar-refractivity contribution is 6.31. The Bertz CT molecular complexity index is 1340. The van der Waals surface area contributed by atoms with E-state index in [1.54, 1.807) is 31.3 Å². The summed E-state index contributed by atoms with van der Waals surface area (Å²) >= 11 is 5.97. The van der Waals surface area contributed by atoms with Gasteiger partial charge in [0.25, 0.3) is 0 Å². The molecule has 3 aromatic heterocycles. The molecule has 0 saturated heterocycles. The number of methoxy groups -OCH3 is 4. The summed E-state index contributed by atoms with van der Waals surface area (Å²) in [5.41, 5.74) is 3.79. The first-order valence-corrected chi connectivity index (χ1v) is 11.0. The van der Waals surface area contributed by atoms with Crippen LogP contribution in [0.5, 0.6) is 0 Å². The van der Waals surface area contributed by atoms with E-state index in [2.05, 4.69) is 25.0 Å². The summed E-state index contributed by atoms with van der Waals surface area (Å²) in [6.45, 7) is 1.05. The highest BCUT2D eigenvalue weighted by Gasteiger charge is 2.17. The molecule has 0 aliphatic carbocycles. The van der Waals surface area contributed by atoms with Crippen LogP contribution in [0.15, 0.2) is 42.9 Å². The molecule has 12 heteroatoms. The van der Waals surface area contributed by atoms with Crippen molar-refractivity contribution in [3.05, 3.63) is 76.0 Å². The van der Waals surface area contributed by atoms with Gasteiger partial charge in [0.2, 0.25) is 0 Å². The number of rotatable bonds is 8. The smallest absolute Gasteiger partial charge is 0.341 e. The summed E-state index contributed by atoms with van der Waals surface area (Å²) in [5.74, 6) is -0.838. The van der Waals surface area contributed by atoms with E-state index in [4.69, 9.17) is 25.8 Å². The Morgan fingerprint density at radius 3 is 2.39 bits per heavy atom. The van der Waals surface area contributed by atoms with E-state index in [-0.39, 0.29) is 6.61 Å². The second-order valence-electron chi connectivity index (χ2n) is 7.48. The van der Waals surface area contributed by atoms with Gasteiger partial charge in [-0.2, -0.15) is 10.2 Å². The van der Waals surface area contributed by atoms with Crippen molar-refractivity contribution >= 4 is 34.4 Å². The van der Waals surface area contributed by atoms with Crippen LogP contribution in [0.4, 0.5) is 0 Å². The maximum atomic E-state index is 11.8. The van der Waals surface area contributed by atoms with Crippen molar-refractivity contribution in [2.75, 3.05) is 28.4 Å². The average molecular weight is 516 g/mol. The maximum absolute atomic E-state index is 11.8. The molecular formula is C24H26ClN5O6. The van der Waals surface area contributed by atoms with Crippen LogP contribution >= 0.6 is 11.6 Å². The number of fused-ring (bicyclic) bond motifs is 1. The van der Waals surface area contributed by atoms with E-state index in [9.17, 15) is 9.59 Å². The summed E-state index contributed by atoms with van der Waals surface area (Å²) < 4.78 is 20.9. The number of nitrogens with zero attached hydrogens (tertiary/aromatic N) is 4. The molecule has 4 aromatic rings. The minimum atomic E-state index is -0.431. The first-order valence-electron chi connectivity index (χ1n) is 10.7. The summed E-state index contributed by atoms with van der Waals surface area (Å²) in [7, 11) is 5.76. The topological polar surface area (TPSA) is 130 Å². The van der Waals surface area contributed by atoms with Gasteiger partial charge >= 0.3 is 11.9 Å². The molecule has 11 nitrogen and oxygen atoms in total. The number of carbonyl (C=O) groups excluding carboxylic acids is 2. The van der Waals surface area contributed by atoms with Crippen LogP contribution < -0.4 is 0 Å². The fourth-order valence-corrected chi connectivity index (χ4v) is 3.50. The third-order valence-electron chi connectivity index (χ3n) is 4.98. The number of aromatic amines is 1. The number of aromatic nitrogens is 5. The number of hydrogen-bond acceptors (Lipinski definition) is 9. The zero-order valence-corrected chi connectivity index (χ0v) is 21.0. The lowest BCUT2D eigenvalue weighted by molar-refractivity contribution is 0.0587. The van der Waals surface area contributed by atoms with Crippen molar-refractivity contribution in [3.8, 4) is 0 Å². The first-order chi connectivity index (χ1) is 17.4. The molecule has 0 radical (unpaired) electrons. The Labute approximate surface area is 212 Å². The largest absolute Gasteiger partial charge is 0.465 e. The summed E-state index contributed by atoms with van der Waals surface area (Å²) in [6.07, 6.45) is 4.85. The van der Waals surface area contributed by atoms with E-state index >= 15 is 0 Å². The van der Waals surface area contributed by atoms with E-state index in [1.807, 2.05) is 24.3 Å². The van der Waals surface area contributed by atoms with E-state index in [1.165, 1.54) is 20.4 Å². The van der Waals surface area contributed by atoms with Crippen LogP contribution in [-0.2, 0) is 38.7 Å². The van der Waals surface area contributed by atoms with Crippen molar-refractivity contribution in [1.82, 2.24) is 25.0 Å². The monoisotopic (exact) mass is 515 g/mol. The Morgan fingerprint density at radius 1 is 0.972 bits per heavy atom. The molecule has 0 atom stereocenters. The molecule has 4 rings (SSSR count). The van der Waals surface area contributed by atoms with Gasteiger partial charge in [-0.05, 0) is 23.8 Å². The van der Waals surface area contributed by atoms with Crippen molar-refractivity contribution < 1.29 is 28.5 Å². The van der Waals surface area contributed by atoms with Crippen LogP contribution in [-0.4, -0.2) is 65.3 Å². The molecule has 0 unspecified atom stereocenters. The highest BCUT2D eigenvalue weighted by Crippen LogP contribution is 2.19. The van der Waals surface area contributed by atoms with Gasteiger partial charge in [0, 0.05) is 37.0 Å². The minimum Gasteiger partial charge on any atom is -0.465 e. The van der Waals surface area contributed by atoms with Crippen LogP contribution in [0.2, 0.25) is 5.02 Å². The summed E-state index contributed by atoms with van der Waals surface area (Å²) in [6, 6.07) is 7.59. The third-order valence-corrected chi connectivity index (χ3v) is 5.22. The number of halogens is 1. The van der Waals surface area contributed by atoms with Crippen molar-refractivity contribution in [3.63, 3.8) is 0 Å². The average Bonchev–Trinajstić information content (AvgIpc) is 3.51. The van der Waals surface area contributed by atoms with Crippen molar-refractivity contribution in [2.24, 2.45) is 0 Å². The second kappa shape index (κ2) is 12.8. The van der Waals surface area contributed by atoms with Crippen LogP contribution in [0.1, 0.15) is 37.7 Å². The van der Waals surface area contributed by atoms with Gasteiger partial charge in [-0.25, -0.2) is 9.59 Å². The molecule has 0 aliphatic heterocycles. The predicted molar refractivity (Wildman–Crippen MR) is 131 cm³/mol. The Morgan fingerprint density at radius 2 is 1.69 bits per heavy atom. The lowest BCUT2D eigenvalue weighted by atomic mass is 10.1. The van der Waals surface area contributed by atoms with E-state index < -0.39 is 11.9 Å². The zero-order valence-electron chi connectivity index (χ0n) is 20.3. The molecule has 0 spiro atoms. The van der Waals surface area contributed by atoms with Crippen molar-refractivity contribution in [1.29, 1.82) is 0 Å². The fourth-order valence-electron chi connectivity index (χ4n) is 3.33. The molecular weight excluding hydrogens is 490 g/mol. The molecule has 1 N–H and O–H groups in total. The highest BCUT2D eigenvalue weighted by atomic mass is 35.5. The van der Waals surface area contributed by atoms with Crippen LogP contribution in [0, 0.1) is 0 Å². The molecule has 0 amide bonds. The van der Waals surface area contributed by atoms with Gasteiger partial charge in [-0.15, -0.1) is 0 Å². The predicted octanol–water partition coefficient (Wildman–Crippen LogP) is 3.41. The zero-order chi connectivity index (χ0) is 26.1. The summed E-state index contributed by atoms with van der Waals surface area (Å²) in [5, 5.41) is 12.4. The number of nitrogens with one attached hydrogen (secondary N) is 1. The van der Waals surface area contributed by atoms with Gasteiger partial charge < -0.3 is 18.9 Å². The van der Waals surface area contributed by atoms with Gasteiger partial charge in [-0.1, -0.05) is 17.7 Å². The quantitative estimate of drug-likeness (QED) is 0.351. The van der Waals surface area contributed by atoms with Crippen molar-refractivity contribution in [2.45, 2.75) is 19.8 Å². The Hall–Kier alpha value is -3.80. The van der Waals surface area contributed by atoms with Gasteiger partial charge in [0.15, 0.2) is 0 Å². The molecule has 0 aliphatic rings. The van der Waals surface area contributed by atoms with Gasteiger partial charge in [0.1, 0.15) is 16.8 Å². The lowest BCUT2D eigenvalue weighted by Crippen LogP contribution is -2.04. The normalized spacial score (nSPS) is 10.6. The second-order valence-corrected chi connectivity index (χ2v) is 7.92. The standard InChI is InChI=1S/C17H16ClN3O3.C7H10N2O3/c1-23-10-16-14(17(22)24-2)9-21(20-16)8-11-5-12-3-4-13(18)6-15(12)19-7-11;1-11-4-6-5(3-8-9-6)7(10)12-2/h3-7,9H,8,10H2,1-2H3;3H,4H2,1-2H3,(H,8,9). The Kier molecular flexibility index (Phi) is 9.51. The lowest BCUT2D eigenvalue weighted by Gasteiger charge is -2.04. The first kappa shape index (κ1) is 26.8. The number of pyridine rings is 1. The SMILES string of the molecule is COCc1[nH]ncc1C(=O)OC.COCc1nn(Cc2cnc3cc(Cl)ccc3c2)cc1C(=O)OC. The van der Waals surface area contributed by atoms with Gasteiger partial charge in [-0.3, -0.25) is 14.8 Å². The molecule has 190 valence electrons. The van der Waals surface area contributed by atoms with E-state index in [0.717, 1.165) is 16.5 Å². The van der Waals surface area contributed by atoms with Gasteiger partial charge in [0.05, 0.1) is 51.4 Å². The summed E-state index contributed by atoms with van der Waals surface area (Å²) in [4.78, 5) is 27.3.